The molecule has 1 aliphatic rings. The van der Waals surface area contributed by atoms with Crippen molar-refractivity contribution in [1.82, 2.24) is 0 Å². The van der Waals surface area contributed by atoms with E-state index in [2.05, 4.69) is 0 Å². The Bertz CT molecular complexity index is 434. The lowest BCUT2D eigenvalue weighted by Gasteiger charge is -2.08. The topological polar surface area (TPSA) is 54.4 Å². The van der Waals surface area contributed by atoms with Crippen molar-refractivity contribution in [1.29, 1.82) is 0 Å². The first-order valence-corrected chi connectivity index (χ1v) is 6.47. The van der Waals surface area contributed by atoms with Gasteiger partial charge in [-0.1, -0.05) is 24.3 Å². The van der Waals surface area contributed by atoms with Gasteiger partial charge in [0.05, 0.1) is 0 Å². The van der Waals surface area contributed by atoms with Crippen molar-refractivity contribution in [3.8, 4) is 0 Å². The summed E-state index contributed by atoms with van der Waals surface area (Å²) in [5.74, 6) is -0.171. The molecule has 3 nitrogen and oxygen atoms in total. The monoisotopic (exact) mass is 246 g/mol. The molecule has 1 unspecified atom stereocenters. The molecule has 0 amide bonds. The van der Waals surface area contributed by atoms with Crippen LogP contribution in [0.4, 0.5) is 0 Å². The smallest absolute Gasteiger partial charge is 0.303 e. The van der Waals surface area contributed by atoms with Crippen LogP contribution in [0.1, 0.15) is 36.8 Å². The number of carbonyl (C=O) groups excluding carboxylic acids is 1. The fourth-order valence-corrected chi connectivity index (χ4v) is 2.48. The normalized spacial score (nSPS) is 19.1. The van der Waals surface area contributed by atoms with E-state index < -0.39 is 5.97 Å². The van der Waals surface area contributed by atoms with Crippen molar-refractivity contribution < 1.29 is 14.7 Å². The number of carboxylic acid groups (broad SMARTS) is 1. The Hall–Kier alpha value is -1.64. The molecular formula is C15H18O3. The summed E-state index contributed by atoms with van der Waals surface area (Å²) in [4.78, 5) is 22.0. The minimum absolute atomic E-state index is 0.167. The van der Waals surface area contributed by atoms with E-state index in [4.69, 9.17) is 5.11 Å². The van der Waals surface area contributed by atoms with Crippen LogP contribution in [0.25, 0.3) is 0 Å². The van der Waals surface area contributed by atoms with Gasteiger partial charge in [0.15, 0.2) is 0 Å². The molecular weight excluding hydrogens is 228 g/mol. The lowest BCUT2D eigenvalue weighted by atomic mass is 9.96. The molecule has 1 aromatic carbocycles. The molecule has 1 N–H and O–H groups in total. The summed E-state index contributed by atoms with van der Waals surface area (Å²) >= 11 is 0. The van der Waals surface area contributed by atoms with Crippen LogP contribution in [-0.2, 0) is 22.4 Å². The zero-order valence-corrected chi connectivity index (χ0v) is 10.4. The van der Waals surface area contributed by atoms with Gasteiger partial charge in [-0.3, -0.25) is 9.59 Å². The van der Waals surface area contributed by atoms with Gasteiger partial charge in [0.2, 0.25) is 0 Å². The first-order chi connectivity index (χ1) is 8.65. The second-order valence-corrected chi connectivity index (χ2v) is 4.97. The van der Waals surface area contributed by atoms with Gasteiger partial charge in [0.1, 0.15) is 5.78 Å². The number of Topliss-reactive ketones (excluding diaryl/α,β-unsaturated/α-hetero) is 1. The number of aryl methyl sites for hydroxylation is 1. The van der Waals surface area contributed by atoms with Crippen LogP contribution in [0.5, 0.6) is 0 Å². The Kier molecular flexibility index (Phi) is 4.13. The highest BCUT2D eigenvalue weighted by Crippen LogP contribution is 2.25. The van der Waals surface area contributed by atoms with Crippen molar-refractivity contribution >= 4 is 11.8 Å². The molecule has 1 fully saturated rings. The van der Waals surface area contributed by atoms with E-state index in [1.54, 1.807) is 0 Å². The number of carboxylic acids is 1. The maximum absolute atomic E-state index is 11.6. The molecule has 0 radical (unpaired) electrons. The highest BCUT2D eigenvalue weighted by molar-refractivity contribution is 5.83. The molecule has 0 aliphatic heterocycles. The van der Waals surface area contributed by atoms with Crippen molar-refractivity contribution in [2.24, 2.45) is 5.92 Å². The van der Waals surface area contributed by atoms with E-state index in [0.717, 1.165) is 31.2 Å². The Balaban J connectivity index is 1.91. The summed E-state index contributed by atoms with van der Waals surface area (Å²) < 4.78 is 0. The quantitative estimate of drug-likeness (QED) is 0.868. The molecule has 3 heteroatoms. The van der Waals surface area contributed by atoms with Gasteiger partial charge >= 0.3 is 5.97 Å². The number of aliphatic carboxylic acids is 1. The molecule has 0 saturated heterocycles. The predicted molar refractivity (Wildman–Crippen MR) is 68.5 cm³/mol. The minimum atomic E-state index is -0.768. The molecule has 1 aliphatic carbocycles. The van der Waals surface area contributed by atoms with E-state index >= 15 is 0 Å². The summed E-state index contributed by atoms with van der Waals surface area (Å²) in [7, 11) is 0. The van der Waals surface area contributed by atoms with Crippen LogP contribution < -0.4 is 0 Å². The van der Waals surface area contributed by atoms with Crippen molar-refractivity contribution in [2.45, 2.75) is 38.5 Å². The highest BCUT2D eigenvalue weighted by atomic mass is 16.4. The Morgan fingerprint density at radius 3 is 2.44 bits per heavy atom. The molecule has 0 spiro atoms. The van der Waals surface area contributed by atoms with Crippen molar-refractivity contribution in [3.63, 3.8) is 0 Å². The lowest BCUT2D eigenvalue weighted by Crippen LogP contribution is -2.09. The van der Waals surface area contributed by atoms with Gasteiger partial charge < -0.3 is 5.11 Å². The number of carbonyl (C=O) groups is 2. The van der Waals surface area contributed by atoms with Gasteiger partial charge in [0, 0.05) is 18.8 Å². The fourth-order valence-electron chi connectivity index (χ4n) is 2.48. The molecule has 0 heterocycles. The van der Waals surface area contributed by atoms with Crippen LogP contribution in [-0.4, -0.2) is 16.9 Å². The van der Waals surface area contributed by atoms with E-state index in [1.165, 1.54) is 5.56 Å². The second kappa shape index (κ2) is 5.80. The summed E-state index contributed by atoms with van der Waals surface area (Å²) in [6, 6.07) is 7.97. The molecule has 1 aromatic rings. The summed E-state index contributed by atoms with van der Waals surface area (Å²) in [5.41, 5.74) is 2.22. The zero-order valence-electron chi connectivity index (χ0n) is 10.4. The second-order valence-electron chi connectivity index (χ2n) is 4.97. The molecule has 96 valence electrons. The molecule has 0 bridgehead atoms. The van der Waals surface area contributed by atoms with Crippen LogP contribution >= 0.6 is 0 Å². The van der Waals surface area contributed by atoms with E-state index in [0.29, 0.717) is 12.2 Å². The minimum Gasteiger partial charge on any atom is -0.481 e. The van der Waals surface area contributed by atoms with Crippen LogP contribution in [0, 0.1) is 5.92 Å². The van der Waals surface area contributed by atoms with Gasteiger partial charge in [-0.15, -0.1) is 0 Å². The van der Waals surface area contributed by atoms with Gasteiger partial charge in [-0.05, 0) is 36.8 Å². The third-order valence-electron chi connectivity index (χ3n) is 3.56. The lowest BCUT2D eigenvalue weighted by molar-refractivity contribution is -0.137. The third-order valence-corrected chi connectivity index (χ3v) is 3.56. The van der Waals surface area contributed by atoms with E-state index in [-0.39, 0.29) is 12.3 Å². The number of hydrogen-bond acceptors (Lipinski definition) is 2. The molecule has 2 rings (SSSR count). The standard InChI is InChI=1S/C15H18O3/c16-14-3-1-2-13(14)10-12-6-4-11(5-7-12)8-9-15(17)18/h4-7,13H,1-3,8-10H2,(H,17,18). The van der Waals surface area contributed by atoms with Gasteiger partial charge in [-0.2, -0.15) is 0 Å². The van der Waals surface area contributed by atoms with Crippen LogP contribution in [0.2, 0.25) is 0 Å². The summed E-state index contributed by atoms with van der Waals surface area (Å²) in [6.07, 6.45) is 4.34. The van der Waals surface area contributed by atoms with Crippen LogP contribution in [0.15, 0.2) is 24.3 Å². The Morgan fingerprint density at radius 1 is 1.22 bits per heavy atom. The number of benzene rings is 1. The average Bonchev–Trinajstić information content (AvgIpc) is 2.74. The first-order valence-electron chi connectivity index (χ1n) is 6.47. The van der Waals surface area contributed by atoms with Crippen LogP contribution in [0.3, 0.4) is 0 Å². The molecule has 18 heavy (non-hydrogen) atoms. The highest BCUT2D eigenvalue weighted by Gasteiger charge is 2.24. The Labute approximate surface area is 107 Å². The molecule has 0 aromatic heterocycles. The third kappa shape index (κ3) is 3.42. The number of ketones is 1. The summed E-state index contributed by atoms with van der Waals surface area (Å²) in [5, 5.41) is 8.61. The van der Waals surface area contributed by atoms with Crippen molar-refractivity contribution in [3.05, 3.63) is 35.4 Å². The first kappa shape index (κ1) is 12.8. The number of hydrogen-bond donors (Lipinski definition) is 1. The SMILES string of the molecule is O=C(O)CCc1ccc(CC2CCCC2=O)cc1. The van der Waals surface area contributed by atoms with Gasteiger partial charge in [0.25, 0.3) is 0 Å². The maximum Gasteiger partial charge on any atom is 0.303 e. The largest absolute Gasteiger partial charge is 0.481 e. The van der Waals surface area contributed by atoms with Gasteiger partial charge in [-0.25, -0.2) is 0 Å². The van der Waals surface area contributed by atoms with E-state index in [9.17, 15) is 9.59 Å². The zero-order chi connectivity index (χ0) is 13.0. The average molecular weight is 246 g/mol. The Morgan fingerprint density at radius 2 is 1.89 bits per heavy atom. The van der Waals surface area contributed by atoms with E-state index in [1.807, 2.05) is 24.3 Å². The van der Waals surface area contributed by atoms with Crippen molar-refractivity contribution in [2.75, 3.05) is 0 Å². The maximum atomic E-state index is 11.6. The fraction of sp³-hybridized carbons (Fsp3) is 0.467. The predicted octanol–water partition coefficient (Wildman–Crippen LogP) is 2.62. The molecule has 1 atom stereocenters. The number of rotatable bonds is 5. The molecule has 1 saturated carbocycles. The summed E-state index contributed by atoms with van der Waals surface area (Å²) in [6.45, 7) is 0.